The number of thiazole rings is 1. The summed E-state index contributed by atoms with van der Waals surface area (Å²) in [6, 6.07) is 6.51. The molecule has 126 valence electrons. The molecule has 0 aliphatic carbocycles. The number of aromatic hydroxyl groups is 1. The van der Waals surface area contributed by atoms with E-state index in [1.807, 2.05) is 12.3 Å². The number of phenolic OH excluding ortho intramolecular Hbond substituents is 1. The first-order valence-corrected chi connectivity index (χ1v) is 8.75. The number of phenols is 1. The number of hydrogen-bond acceptors (Lipinski definition) is 5. The number of benzene rings is 1. The Morgan fingerprint density at radius 3 is 3.04 bits per heavy atom. The third kappa shape index (κ3) is 3.56. The van der Waals surface area contributed by atoms with Crippen molar-refractivity contribution in [1.29, 1.82) is 0 Å². The maximum atomic E-state index is 12.3. The van der Waals surface area contributed by atoms with Gasteiger partial charge in [0.05, 0.1) is 18.2 Å². The summed E-state index contributed by atoms with van der Waals surface area (Å²) >= 11 is 1.53. The molecule has 1 aromatic heterocycles. The second-order valence-electron chi connectivity index (χ2n) is 5.73. The number of nitrogens with one attached hydrogen (secondary N) is 1. The molecule has 1 aliphatic rings. The number of rotatable bonds is 5. The molecule has 24 heavy (non-hydrogen) atoms. The second kappa shape index (κ2) is 7.00. The van der Waals surface area contributed by atoms with Crippen molar-refractivity contribution in [2.75, 3.05) is 11.4 Å². The fourth-order valence-corrected chi connectivity index (χ4v) is 3.51. The summed E-state index contributed by atoms with van der Waals surface area (Å²) < 4.78 is 0. The van der Waals surface area contributed by atoms with Gasteiger partial charge < -0.3 is 15.3 Å². The Morgan fingerprint density at radius 1 is 1.50 bits per heavy atom. The van der Waals surface area contributed by atoms with Gasteiger partial charge in [0, 0.05) is 30.1 Å². The normalized spacial score (nSPS) is 17.3. The van der Waals surface area contributed by atoms with Crippen molar-refractivity contribution in [3.05, 3.63) is 40.3 Å². The van der Waals surface area contributed by atoms with E-state index in [9.17, 15) is 14.7 Å². The quantitative estimate of drug-likeness (QED) is 0.869. The van der Waals surface area contributed by atoms with Crippen LogP contribution in [0.25, 0.3) is 0 Å². The standard InChI is InChI=1S/C17H19N3O3S/c1-2-12-10-24-15(19-12)8-18-17(23)11-6-16(22)20(9-11)13-4-3-5-14(21)7-13/h3-5,7,10-11,21H,2,6,8-9H2,1H3,(H,18,23)/t11-/m1/s1. The van der Waals surface area contributed by atoms with Crippen molar-refractivity contribution in [3.63, 3.8) is 0 Å². The number of amides is 2. The molecular weight excluding hydrogens is 326 g/mol. The third-order valence-corrected chi connectivity index (χ3v) is 4.91. The Labute approximate surface area is 144 Å². The minimum atomic E-state index is -0.384. The van der Waals surface area contributed by atoms with Crippen LogP contribution in [0.5, 0.6) is 5.75 Å². The van der Waals surface area contributed by atoms with Gasteiger partial charge in [-0.3, -0.25) is 9.59 Å². The zero-order valence-electron chi connectivity index (χ0n) is 13.4. The Bertz CT molecular complexity index is 759. The Hall–Kier alpha value is -2.41. The summed E-state index contributed by atoms with van der Waals surface area (Å²) in [5.41, 5.74) is 1.64. The first-order chi connectivity index (χ1) is 11.6. The lowest BCUT2D eigenvalue weighted by Gasteiger charge is -2.16. The van der Waals surface area contributed by atoms with E-state index in [1.54, 1.807) is 23.1 Å². The number of nitrogens with zero attached hydrogens (tertiary/aromatic N) is 2. The van der Waals surface area contributed by atoms with Gasteiger partial charge in [0.25, 0.3) is 0 Å². The van der Waals surface area contributed by atoms with Crippen LogP contribution in [-0.4, -0.2) is 28.4 Å². The zero-order valence-corrected chi connectivity index (χ0v) is 14.2. The largest absolute Gasteiger partial charge is 0.508 e. The van der Waals surface area contributed by atoms with Gasteiger partial charge in [-0.05, 0) is 18.6 Å². The van der Waals surface area contributed by atoms with E-state index in [0.717, 1.165) is 17.1 Å². The van der Waals surface area contributed by atoms with E-state index in [4.69, 9.17) is 0 Å². The smallest absolute Gasteiger partial charge is 0.227 e. The lowest BCUT2D eigenvalue weighted by molar-refractivity contribution is -0.126. The van der Waals surface area contributed by atoms with Gasteiger partial charge in [-0.25, -0.2) is 4.98 Å². The highest BCUT2D eigenvalue weighted by Gasteiger charge is 2.35. The molecule has 0 radical (unpaired) electrons. The van der Waals surface area contributed by atoms with Crippen LogP contribution in [0.2, 0.25) is 0 Å². The van der Waals surface area contributed by atoms with Gasteiger partial charge in [0.1, 0.15) is 10.8 Å². The molecule has 6 nitrogen and oxygen atoms in total. The van der Waals surface area contributed by atoms with Crippen LogP contribution in [0.15, 0.2) is 29.6 Å². The number of carbonyl (C=O) groups is 2. The molecule has 2 aromatic rings. The van der Waals surface area contributed by atoms with Crippen LogP contribution in [0.3, 0.4) is 0 Å². The lowest BCUT2D eigenvalue weighted by atomic mass is 10.1. The van der Waals surface area contributed by atoms with Crippen LogP contribution in [0.4, 0.5) is 5.69 Å². The average Bonchev–Trinajstić information content (AvgIpc) is 3.19. The summed E-state index contributed by atoms with van der Waals surface area (Å²) in [5, 5.41) is 15.3. The number of hydrogen-bond donors (Lipinski definition) is 2. The van der Waals surface area contributed by atoms with E-state index in [-0.39, 0.29) is 29.9 Å². The molecule has 0 bridgehead atoms. The first-order valence-electron chi connectivity index (χ1n) is 7.87. The molecule has 0 spiro atoms. The van der Waals surface area contributed by atoms with E-state index >= 15 is 0 Å². The van der Waals surface area contributed by atoms with Gasteiger partial charge in [-0.2, -0.15) is 0 Å². The second-order valence-corrected chi connectivity index (χ2v) is 6.67. The molecule has 1 aliphatic heterocycles. The molecule has 1 fully saturated rings. The van der Waals surface area contributed by atoms with Crippen LogP contribution in [-0.2, 0) is 22.6 Å². The number of aryl methyl sites for hydroxylation is 1. The van der Waals surface area contributed by atoms with E-state index in [1.165, 1.54) is 17.4 Å². The molecule has 1 atom stereocenters. The van der Waals surface area contributed by atoms with Gasteiger partial charge in [-0.1, -0.05) is 13.0 Å². The Kier molecular flexibility index (Phi) is 4.80. The van der Waals surface area contributed by atoms with Crippen LogP contribution < -0.4 is 10.2 Å². The van der Waals surface area contributed by atoms with Crippen molar-refractivity contribution in [2.24, 2.45) is 5.92 Å². The Morgan fingerprint density at radius 2 is 2.33 bits per heavy atom. The first kappa shape index (κ1) is 16.4. The summed E-state index contributed by atoms with van der Waals surface area (Å²) in [6.07, 6.45) is 1.06. The van der Waals surface area contributed by atoms with Gasteiger partial charge in [0.15, 0.2) is 0 Å². The topological polar surface area (TPSA) is 82.5 Å². The lowest BCUT2D eigenvalue weighted by Crippen LogP contribution is -2.32. The van der Waals surface area contributed by atoms with E-state index in [2.05, 4.69) is 10.3 Å². The van der Waals surface area contributed by atoms with Gasteiger partial charge in [0.2, 0.25) is 11.8 Å². The molecule has 7 heteroatoms. The molecule has 2 amide bonds. The van der Waals surface area contributed by atoms with Crippen LogP contribution >= 0.6 is 11.3 Å². The predicted molar refractivity (Wildman–Crippen MR) is 91.9 cm³/mol. The van der Waals surface area contributed by atoms with Crippen molar-refractivity contribution >= 4 is 28.8 Å². The van der Waals surface area contributed by atoms with E-state index < -0.39 is 0 Å². The van der Waals surface area contributed by atoms with E-state index in [0.29, 0.717) is 18.8 Å². The highest BCUT2D eigenvalue weighted by Crippen LogP contribution is 2.27. The summed E-state index contributed by atoms with van der Waals surface area (Å²) in [7, 11) is 0. The number of anilines is 1. The highest BCUT2D eigenvalue weighted by molar-refractivity contribution is 7.09. The van der Waals surface area contributed by atoms with Gasteiger partial charge >= 0.3 is 0 Å². The summed E-state index contributed by atoms with van der Waals surface area (Å²) in [5.74, 6) is -0.531. The SMILES string of the molecule is CCc1csc(CNC(=O)[C@@H]2CC(=O)N(c3cccc(O)c3)C2)n1. The molecule has 0 unspecified atom stereocenters. The molecule has 3 rings (SSSR count). The fraction of sp³-hybridized carbons (Fsp3) is 0.353. The molecule has 2 heterocycles. The van der Waals surface area contributed by atoms with Crippen molar-refractivity contribution in [2.45, 2.75) is 26.3 Å². The van der Waals surface area contributed by atoms with Crippen molar-refractivity contribution in [1.82, 2.24) is 10.3 Å². The minimum Gasteiger partial charge on any atom is -0.508 e. The summed E-state index contributed by atoms with van der Waals surface area (Å²) in [4.78, 5) is 30.5. The molecule has 1 aromatic carbocycles. The van der Waals surface area contributed by atoms with Gasteiger partial charge in [-0.15, -0.1) is 11.3 Å². The highest BCUT2D eigenvalue weighted by atomic mass is 32.1. The third-order valence-electron chi connectivity index (χ3n) is 4.01. The molecule has 1 saturated heterocycles. The van der Waals surface area contributed by atoms with Crippen LogP contribution in [0, 0.1) is 5.92 Å². The average molecular weight is 345 g/mol. The number of carbonyl (C=O) groups excluding carboxylic acids is 2. The van der Waals surface area contributed by atoms with Crippen LogP contribution in [0.1, 0.15) is 24.0 Å². The van der Waals surface area contributed by atoms with Crippen molar-refractivity contribution in [3.8, 4) is 5.75 Å². The monoisotopic (exact) mass is 345 g/mol. The number of aromatic nitrogens is 1. The minimum absolute atomic E-state index is 0.101. The molecule has 2 N–H and O–H groups in total. The Balaban J connectivity index is 1.59. The van der Waals surface area contributed by atoms with Crippen molar-refractivity contribution < 1.29 is 14.7 Å². The molecular formula is C17H19N3O3S. The molecule has 0 saturated carbocycles. The maximum Gasteiger partial charge on any atom is 0.227 e. The summed E-state index contributed by atoms with van der Waals surface area (Å²) in [6.45, 7) is 2.75. The zero-order chi connectivity index (χ0) is 17.1. The maximum absolute atomic E-state index is 12.3. The predicted octanol–water partition coefficient (Wildman–Crippen LogP) is 2.08. The fourth-order valence-electron chi connectivity index (χ4n) is 2.69.